The van der Waals surface area contributed by atoms with E-state index in [-0.39, 0.29) is 37.0 Å². The second-order valence-electron chi connectivity index (χ2n) is 15.2. The van der Waals surface area contributed by atoms with Crippen molar-refractivity contribution in [3.8, 4) is 11.3 Å². The highest BCUT2D eigenvalue weighted by Gasteiger charge is 2.54. The zero-order valence-corrected chi connectivity index (χ0v) is 31.3. The summed E-state index contributed by atoms with van der Waals surface area (Å²) in [7, 11) is 2.60. The summed E-state index contributed by atoms with van der Waals surface area (Å²) in [5.41, 5.74) is 5.56. The molecule has 2 aromatic carbocycles. The number of aliphatic hydroxyl groups excluding tert-OH is 1. The summed E-state index contributed by atoms with van der Waals surface area (Å²) >= 11 is 0. The number of alkyl carbamates (subject to hydrolysis) is 2. The van der Waals surface area contributed by atoms with Gasteiger partial charge in [-0.1, -0.05) is 88.4 Å². The number of carbonyl (C=O) groups excluding carboxylic acids is 4. The van der Waals surface area contributed by atoms with Gasteiger partial charge in [0.25, 0.3) is 0 Å². The standard InChI is InChI=1S/C40H52N6O7/c1-39(2)28(21-33(39)43-37(50)52-5)35(48)42-31(20-25-12-8-7-9-13-25)32(47)24-46(23-26-15-17-27(18-16-26)30-14-10-11-19-41-30)45-36(49)29-22-34(40(29,3)4)44-38(51)53-6/h7-19,28-29,31-34,47H,20-24H2,1-6H3,(H,42,48)(H,43,50)(H,44,51)(H,45,49)/t28-,29-,31+,32+,33-,34-/m1/s1. The van der Waals surface area contributed by atoms with Gasteiger partial charge in [0.15, 0.2) is 0 Å². The lowest BCUT2D eigenvalue weighted by atomic mass is 9.58. The molecule has 5 rings (SSSR count). The number of nitrogens with zero attached hydrogens (tertiary/aromatic N) is 2. The topological polar surface area (TPSA) is 171 Å². The minimum atomic E-state index is -1.09. The van der Waals surface area contributed by atoms with Crippen LogP contribution in [-0.4, -0.2) is 84.1 Å². The molecular weight excluding hydrogens is 676 g/mol. The number of methoxy groups -OCH3 is 2. The predicted molar refractivity (Wildman–Crippen MR) is 199 cm³/mol. The van der Waals surface area contributed by atoms with Crippen molar-refractivity contribution in [3.63, 3.8) is 0 Å². The van der Waals surface area contributed by atoms with Gasteiger partial charge in [0.05, 0.1) is 32.1 Å². The van der Waals surface area contributed by atoms with Crippen molar-refractivity contribution in [2.24, 2.45) is 22.7 Å². The second kappa shape index (κ2) is 16.8. The molecule has 13 heteroatoms. The summed E-state index contributed by atoms with van der Waals surface area (Å²) < 4.78 is 9.53. The number of aliphatic hydroxyl groups is 1. The normalized spacial score (nSPS) is 22.2. The fourth-order valence-electron chi connectivity index (χ4n) is 7.34. The van der Waals surface area contributed by atoms with Crippen molar-refractivity contribution < 1.29 is 33.8 Å². The van der Waals surface area contributed by atoms with Gasteiger partial charge in [0.2, 0.25) is 11.8 Å². The molecule has 4 amide bonds. The first-order chi connectivity index (χ1) is 25.2. The van der Waals surface area contributed by atoms with Crippen molar-refractivity contribution in [3.05, 3.63) is 90.1 Å². The van der Waals surface area contributed by atoms with Gasteiger partial charge in [-0.05, 0) is 53.4 Å². The molecule has 53 heavy (non-hydrogen) atoms. The van der Waals surface area contributed by atoms with E-state index in [1.54, 1.807) is 11.2 Å². The van der Waals surface area contributed by atoms with Gasteiger partial charge in [0.1, 0.15) is 0 Å². The Morgan fingerprint density at radius 3 is 1.89 bits per heavy atom. The number of hydrogen-bond acceptors (Lipinski definition) is 9. The van der Waals surface area contributed by atoms with Gasteiger partial charge in [-0.25, -0.2) is 14.6 Å². The highest BCUT2D eigenvalue weighted by Crippen LogP contribution is 2.47. The zero-order chi connectivity index (χ0) is 38.3. The van der Waals surface area contributed by atoms with Gasteiger partial charge in [-0.15, -0.1) is 0 Å². The van der Waals surface area contributed by atoms with Crippen LogP contribution in [0.25, 0.3) is 11.3 Å². The first kappa shape index (κ1) is 39.2. The number of rotatable bonds is 14. The molecular formula is C40H52N6O7. The Morgan fingerprint density at radius 2 is 1.36 bits per heavy atom. The molecule has 0 unspecified atom stereocenters. The Bertz CT molecular complexity index is 1720. The fraction of sp³-hybridized carbons (Fsp3) is 0.475. The molecule has 5 N–H and O–H groups in total. The Balaban J connectivity index is 1.34. The van der Waals surface area contributed by atoms with E-state index in [1.165, 1.54) is 14.2 Å². The molecule has 3 aromatic rings. The van der Waals surface area contributed by atoms with Gasteiger partial charge < -0.3 is 30.5 Å². The molecule has 2 aliphatic carbocycles. The largest absolute Gasteiger partial charge is 0.453 e. The van der Waals surface area contributed by atoms with Crippen LogP contribution in [0.15, 0.2) is 79.0 Å². The molecule has 2 aliphatic rings. The number of benzene rings is 2. The number of aromatic nitrogens is 1. The number of hydrazine groups is 1. The van der Waals surface area contributed by atoms with Crippen molar-refractivity contribution >= 4 is 24.0 Å². The van der Waals surface area contributed by atoms with E-state index >= 15 is 0 Å². The lowest BCUT2D eigenvalue weighted by Gasteiger charge is -2.51. The maximum Gasteiger partial charge on any atom is 0.407 e. The van der Waals surface area contributed by atoms with Crippen LogP contribution in [0.5, 0.6) is 0 Å². The Morgan fingerprint density at radius 1 is 0.792 bits per heavy atom. The summed E-state index contributed by atoms with van der Waals surface area (Å²) in [6, 6.07) is 22.0. The van der Waals surface area contributed by atoms with E-state index < -0.39 is 47.0 Å². The SMILES string of the molecule is COC(=O)N[C@@H]1C[C@H](C(=O)N[C@@H](Cc2ccccc2)[C@@H](O)CN(Cc2ccc(-c3ccccn3)cc2)NC(=O)[C@H]2C[C@@H](NC(=O)OC)C2(C)C)C1(C)C. The quantitative estimate of drug-likeness (QED) is 0.153. The Hall–Kier alpha value is -5.01. The first-order valence-electron chi connectivity index (χ1n) is 18.0. The third kappa shape index (κ3) is 9.33. The fourth-order valence-corrected chi connectivity index (χ4v) is 7.34. The Kier molecular flexibility index (Phi) is 12.4. The third-order valence-corrected chi connectivity index (χ3v) is 11.2. The second-order valence-corrected chi connectivity index (χ2v) is 15.2. The highest BCUT2D eigenvalue weighted by atomic mass is 16.5. The van der Waals surface area contributed by atoms with Crippen LogP contribution in [-0.2, 0) is 32.0 Å². The van der Waals surface area contributed by atoms with Crippen LogP contribution in [0.2, 0.25) is 0 Å². The lowest BCUT2D eigenvalue weighted by molar-refractivity contribution is -0.144. The summed E-state index contributed by atoms with van der Waals surface area (Å²) in [5.74, 6) is -1.28. The maximum atomic E-state index is 13.8. The van der Waals surface area contributed by atoms with E-state index in [4.69, 9.17) is 9.47 Å². The predicted octanol–water partition coefficient (Wildman–Crippen LogP) is 4.21. The number of nitrogens with one attached hydrogen (secondary N) is 4. The number of carbonyl (C=O) groups is 4. The summed E-state index contributed by atoms with van der Waals surface area (Å²) in [5, 5.41) is 22.3. The third-order valence-electron chi connectivity index (χ3n) is 11.2. The molecule has 13 nitrogen and oxygen atoms in total. The van der Waals surface area contributed by atoms with Crippen LogP contribution in [0, 0.1) is 22.7 Å². The number of ether oxygens (including phenoxy) is 2. The number of pyridine rings is 1. The summed E-state index contributed by atoms with van der Waals surface area (Å²) in [6.07, 6.45) is 0.759. The molecule has 1 aromatic heterocycles. The summed E-state index contributed by atoms with van der Waals surface area (Å²) in [6.45, 7) is 7.97. The minimum absolute atomic E-state index is 0.00306. The molecule has 284 valence electrons. The van der Waals surface area contributed by atoms with Crippen LogP contribution >= 0.6 is 0 Å². The highest BCUT2D eigenvalue weighted by molar-refractivity contribution is 5.82. The lowest BCUT2D eigenvalue weighted by Crippen LogP contribution is -2.64. The maximum absolute atomic E-state index is 13.8. The smallest absolute Gasteiger partial charge is 0.407 e. The van der Waals surface area contributed by atoms with E-state index in [0.717, 1.165) is 22.4 Å². The van der Waals surface area contributed by atoms with Gasteiger partial charge >= 0.3 is 12.2 Å². The molecule has 0 saturated heterocycles. The van der Waals surface area contributed by atoms with E-state index in [0.29, 0.717) is 19.3 Å². The molecule has 1 heterocycles. The van der Waals surface area contributed by atoms with Crippen molar-refractivity contribution in [1.82, 2.24) is 31.4 Å². The average Bonchev–Trinajstić information content (AvgIpc) is 3.14. The van der Waals surface area contributed by atoms with E-state index in [1.807, 2.05) is 100 Å². The van der Waals surface area contributed by atoms with Crippen LogP contribution in [0.3, 0.4) is 0 Å². The molecule has 0 radical (unpaired) electrons. The van der Waals surface area contributed by atoms with Gasteiger partial charge in [-0.3, -0.25) is 20.0 Å². The minimum Gasteiger partial charge on any atom is -0.453 e. The molecule has 0 spiro atoms. The zero-order valence-electron chi connectivity index (χ0n) is 31.3. The van der Waals surface area contributed by atoms with Crippen molar-refractivity contribution in [2.45, 2.75) is 77.7 Å². The van der Waals surface area contributed by atoms with E-state index in [9.17, 15) is 24.3 Å². The molecule has 6 atom stereocenters. The summed E-state index contributed by atoms with van der Waals surface area (Å²) in [4.78, 5) is 55.9. The monoisotopic (exact) mass is 728 g/mol. The van der Waals surface area contributed by atoms with Gasteiger partial charge in [-0.2, -0.15) is 0 Å². The first-order valence-corrected chi connectivity index (χ1v) is 18.0. The number of hydrogen-bond donors (Lipinski definition) is 5. The number of amides is 4. The van der Waals surface area contributed by atoms with Gasteiger partial charge in [0, 0.05) is 48.8 Å². The molecule has 0 aliphatic heterocycles. The van der Waals surface area contributed by atoms with Crippen LogP contribution in [0.1, 0.15) is 51.7 Å². The van der Waals surface area contributed by atoms with Crippen molar-refractivity contribution in [2.75, 3.05) is 20.8 Å². The van der Waals surface area contributed by atoms with Crippen molar-refractivity contribution in [1.29, 1.82) is 0 Å². The molecule has 2 saturated carbocycles. The molecule has 0 bridgehead atoms. The average molecular weight is 729 g/mol. The Labute approximate surface area is 311 Å². The van der Waals surface area contributed by atoms with Crippen LogP contribution < -0.4 is 21.4 Å². The van der Waals surface area contributed by atoms with Crippen LogP contribution in [0.4, 0.5) is 9.59 Å². The molecule has 2 fully saturated rings. The van der Waals surface area contributed by atoms with E-state index in [2.05, 4.69) is 26.4 Å².